The Morgan fingerprint density at radius 1 is 1.35 bits per heavy atom. The van der Waals surface area contributed by atoms with Crippen LogP contribution in [0.4, 0.5) is 0 Å². The zero-order valence-electron chi connectivity index (χ0n) is 10.5. The first-order chi connectivity index (χ1) is 8.03. The standard InChI is InChI=1S/C14H17N3/c1-10-12(8-16-14(2,3)9-15)11-6-4-5-7-13(11)17-10/h4-7,16-17H,8H2,1-3H3. The Kier molecular flexibility index (Phi) is 2.91. The first-order valence-corrected chi connectivity index (χ1v) is 5.76. The van der Waals surface area contributed by atoms with Gasteiger partial charge in [0.05, 0.1) is 6.07 Å². The van der Waals surface area contributed by atoms with E-state index in [9.17, 15) is 0 Å². The number of hydrogen-bond donors (Lipinski definition) is 2. The van der Waals surface area contributed by atoms with E-state index in [0.29, 0.717) is 6.54 Å². The molecule has 3 nitrogen and oxygen atoms in total. The van der Waals surface area contributed by atoms with Crippen LogP contribution in [0.5, 0.6) is 0 Å². The molecule has 0 radical (unpaired) electrons. The number of benzene rings is 1. The number of aromatic nitrogens is 1. The van der Waals surface area contributed by atoms with Crippen molar-refractivity contribution in [3.05, 3.63) is 35.5 Å². The summed E-state index contributed by atoms with van der Waals surface area (Å²) in [5.41, 5.74) is 3.05. The van der Waals surface area contributed by atoms with Crippen LogP contribution in [-0.4, -0.2) is 10.5 Å². The molecule has 2 rings (SSSR count). The molecule has 1 heterocycles. The van der Waals surface area contributed by atoms with Crippen molar-refractivity contribution in [3.63, 3.8) is 0 Å². The van der Waals surface area contributed by atoms with Crippen LogP contribution in [0.2, 0.25) is 0 Å². The molecular weight excluding hydrogens is 210 g/mol. The molecular formula is C14H17N3. The van der Waals surface area contributed by atoms with Gasteiger partial charge in [0.2, 0.25) is 0 Å². The average molecular weight is 227 g/mol. The molecule has 0 fully saturated rings. The monoisotopic (exact) mass is 227 g/mol. The summed E-state index contributed by atoms with van der Waals surface area (Å²) >= 11 is 0. The average Bonchev–Trinajstić information content (AvgIpc) is 2.62. The molecule has 0 aliphatic heterocycles. The summed E-state index contributed by atoms with van der Waals surface area (Å²) in [5.74, 6) is 0. The van der Waals surface area contributed by atoms with E-state index in [2.05, 4.69) is 35.4 Å². The molecule has 0 atom stereocenters. The number of nitrogens with zero attached hydrogens (tertiary/aromatic N) is 1. The van der Waals surface area contributed by atoms with Crippen molar-refractivity contribution < 1.29 is 0 Å². The van der Waals surface area contributed by atoms with Crippen molar-refractivity contribution >= 4 is 10.9 Å². The lowest BCUT2D eigenvalue weighted by Crippen LogP contribution is -2.37. The van der Waals surface area contributed by atoms with Gasteiger partial charge < -0.3 is 4.98 Å². The molecule has 0 unspecified atom stereocenters. The van der Waals surface area contributed by atoms with Crippen LogP contribution < -0.4 is 5.32 Å². The minimum Gasteiger partial charge on any atom is -0.358 e. The Morgan fingerprint density at radius 2 is 2.06 bits per heavy atom. The van der Waals surface area contributed by atoms with Crippen molar-refractivity contribution in [3.8, 4) is 6.07 Å². The van der Waals surface area contributed by atoms with Gasteiger partial charge in [0.15, 0.2) is 0 Å². The zero-order chi connectivity index (χ0) is 12.5. The Balaban J connectivity index is 2.31. The molecule has 0 amide bonds. The highest BCUT2D eigenvalue weighted by Gasteiger charge is 2.17. The number of nitriles is 1. The van der Waals surface area contributed by atoms with E-state index in [-0.39, 0.29) is 0 Å². The van der Waals surface area contributed by atoms with Crippen LogP contribution in [0.25, 0.3) is 10.9 Å². The third-order valence-electron chi connectivity index (χ3n) is 3.01. The number of aryl methyl sites for hydroxylation is 1. The van der Waals surface area contributed by atoms with Crippen LogP contribution in [-0.2, 0) is 6.54 Å². The summed E-state index contributed by atoms with van der Waals surface area (Å²) in [6.07, 6.45) is 0. The van der Waals surface area contributed by atoms with Crippen LogP contribution in [0, 0.1) is 18.3 Å². The van der Waals surface area contributed by atoms with Crippen molar-refractivity contribution in [1.29, 1.82) is 5.26 Å². The minimum absolute atomic E-state index is 0.495. The SMILES string of the molecule is Cc1[nH]c2ccccc2c1CNC(C)(C)C#N. The van der Waals surface area contributed by atoms with Gasteiger partial charge in [-0.2, -0.15) is 5.26 Å². The molecule has 0 spiro atoms. The number of aromatic amines is 1. The number of nitrogens with one attached hydrogen (secondary N) is 2. The number of fused-ring (bicyclic) bond motifs is 1. The molecule has 3 heteroatoms. The summed E-state index contributed by atoms with van der Waals surface area (Å²) in [6.45, 7) is 6.54. The molecule has 1 aromatic carbocycles. The molecule has 0 bridgehead atoms. The predicted octanol–water partition coefficient (Wildman–Crippen LogP) is 2.87. The first kappa shape index (κ1) is 11.7. The van der Waals surface area contributed by atoms with Gasteiger partial charge in [-0.3, -0.25) is 5.32 Å². The van der Waals surface area contributed by atoms with E-state index < -0.39 is 5.54 Å². The third kappa shape index (κ3) is 2.32. The van der Waals surface area contributed by atoms with Gasteiger partial charge >= 0.3 is 0 Å². The Labute approximate surface area is 101 Å². The fraction of sp³-hybridized carbons (Fsp3) is 0.357. The first-order valence-electron chi connectivity index (χ1n) is 5.76. The maximum atomic E-state index is 8.98. The second-order valence-electron chi connectivity index (χ2n) is 4.86. The molecule has 0 saturated heterocycles. The molecule has 0 aliphatic carbocycles. The van der Waals surface area contributed by atoms with Gasteiger partial charge in [-0.15, -0.1) is 0 Å². The van der Waals surface area contributed by atoms with Gasteiger partial charge in [0.25, 0.3) is 0 Å². The van der Waals surface area contributed by atoms with Gasteiger partial charge in [-0.05, 0) is 32.4 Å². The van der Waals surface area contributed by atoms with Gasteiger partial charge in [0, 0.05) is 23.1 Å². The smallest absolute Gasteiger partial charge is 0.101 e. The third-order valence-corrected chi connectivity index (χ3v) is 3.01. The van der Waals surface area contributed by atoms with Crippen molar-refractivity contribution in [1.82, 2.24) is 10.3 Å². The highest BCUT2D eigenvalue weighted by molar-refractivity contribution is 5.84. The number of hydrogen-bond acceptors (Lipinski definition) is 2. The lowest BCUT2D eigenvalue weighted by Gasteiger charge is -2.17. The Bertz CT molecular complexity index is 573. The largest absolute Gasteiger partial charge is 0.358 e. The van der Waals surface area contributed by atoms with E-state index in [1.807, 2.05) is 26.0 Å². The number of para-hydroxylation sites is 1. The van der Waals surface area contributed by atoms with Crippen LogP contribution in [0.3, 0.4) is 0 Å². The Morgan fingerprint density at radius 3 is 2.76 bits per heavy atom. The quantitative estimate of drug-likeness (QED) is 0.847. The van der Waals surface area contributed by atoms with E-state index in [1.165, 1.54) is 10.9 Å². The lowest BCUT2D eigenvalue weighted by molar-refractivity contribution is 0.485. The fourth-order valence-corrected chi connectivity index (χ4v) is 1.91. The Hall–Kier alpha value is -1.79. The minimum atomic E-state index is -0.495. The highest BCUT2D eigenvalue weighted by atomic mass is 15.0. The summed E-state index contributed by atoms with van der Waals surface area (Å²) in [4.78, 5) is 3.36. The fourth-order valence-electron chi connectivity index (χ4n) is 1.91. The van der Waals surface area contributed by atoms with E-state index in [4.69, 9.17) is 5.26 Å². The number of rotatable bonds is 3. The van der Waals surface area contributed by atoms with Crippen LogP contribution in [0.1, 0.15) is 25.1 Å². The zero-order valence-corrected chi connectivity index (χ0v) is 10.5. The summed E-state index contributed by atoms with van der Waals surface area (Å²) in [6, 6.07) is 10.5. The lowest BCUT2D eigenvalue weighted by atomic mass is 10.1. The van der Waals surface area contributed by atoms with Crippen molar-refractivity contribution in [2.45, 2.75) is 32.9 Å². The maximum Gasteiger partial charge on any atom is 0.101 e. The van der Waals surface area contributed by atoms with Crippen molar-refractivity contribution in [2.75, 3.05) is 0 Å². The normalized spacial score (nSPS) is 11.6. The maximum absolute atomic E-state index is 8.98. The van der Waals surface area contributed by atoms with Gasteiger partial charge in [-0.1, -0.05) is 18.2 Å². The molecule has 88 valence electrons. The second-order valence-corrected chi connectivity index (χ2v) is 4.86. The molecule has 0 saturated carbocycles. The highest BCUT2D eigenvalue weighted by Crippen LogP contribution is 2.22. The molecule has 2 aromatic rings. The molecule has 17 heavy (non-hydrogen) atoms. The van der Waals surface area contributed by atoms with Gasteiger partial charge in [-0.25, -0.2) is 0 Å². The molecule has 1 aromatic heterocycles. The van der Waals surface area contributed by atoms with Crippen LogP contribution in [0.15, 0.2) is 24.3 Å². The second kappa shape index (κ2) is 4.23. The van der Waals surface area contributed by atoms with Gasteiger partial charge in [0.1, 0.15) is 5.54 Å². The molecule has 0 aliphatic rings. The van der Waals surface area contributed by atoms with E-state index in [0.717, 1.165) is 11.2 Å². The summed E-state index contributed by atoms with van der Waals surface area (Å²) < 4.78 is 0. The van der Waals surface area contributed by atoms with E-state index >= 15 is 0 Å². The summed E-state index contributed by atoms with van der Waals surface area (Å²) in [7, 11) is 0. The number of H-pyrrole nitrogens is 1. The van der Waals surface area contributed by atoms with E-state index in [1.54, 1.807) is 0 Å². The molecule has 2 N–H and O–H groups in total. The predicted molar refractivity (Wildman–Crippen MR) is 69.6 cm³/mol. The summed E-state index contributed by atoms with van der Waals surface area (Å²) in [5, 5.41) is 13.5. The van der Waals surface area contributed by atoms with Crippen molar-refractivity contribution in [2.24, 2.45) is 0 Å². The topological polar surface area (TPSA) is 51.6 Å². The van der Waals surface area contributed by atoms with Crippen LogP contribution >= 0.6 is 0 Å².